The molecular formula is C11H23O2WY-. The minimum absolute atomic E-state index is 0. The van der Waals surface area contributed by atoms with Gasteiger partial charge in [-0.05, 0) is 6.42 Å². The van der Waals surface area contributed by atoms with E-state index in [4.69, 9.17) is 5.11 Å². The van der Waals surface area contributed by atoms with Crippen LogP contribution in [0.1, 0.15) is 46.5 Å². The van der Waals surface area contributed by atoms with Gasteiger partial charge in [0.15, 0.2) is 0 Å². The number of hydrogen-bond acceptors (Lipinski definition) is 2. The maximum atomic E-state index is 9.58. The van der Waals surface area contributed by atoms with Crippen molar-refractivity contribution in [2.45, 2.75) is 46.5 Å². The van der Waals surface area contributed by atoms with Gasteiger partial charge in [-0.1, -0.05) is 12.8 Å². The molecule has 0 aliphatic heterocycles. The molecule has 0 aliphatic carbocycles. The largest absolute Gasteiger partial charge is 2.00 e. The molecule has 0 amide bonds. The fourth-order valence-corrected chi connectivity index (χ4v) is 0.486. The van der Waals surface area contributed by atoms with Crippen LogP contribution in [0, 0.1) is 13.3 Å². The molecular weight excluding hydrogens is 437 g/mol. The maximum Gasteiger partial charge on any atom is 2.00 e. The van der Waals surface area contributed by atoms with Crippen LogP contribution in [0.15, 0.2) is 0 Å². The molecule has 0 saturated heterocycles. The number of rotatable bonds is 5. The van der Waals surface area contributed by atoms with E-state index in [-0.39, 0.29) is 67.8 Å². The minimum Gasteiger partial charge on any atom is -0.542 e. The summed E-state index contributed by atoms with van der Waals surface area (Å²) in [5.74, 6) is 1.42. The van der Waals surface area contributed by atoms with Crippen LogP contribution in [-0.4, -0.2) is 18.0 Å². The SMILES string of the molecule is C[C-](C)C.O=[C-]CCCCCO.[CH3-].[W+2].[Y]. The molecule has 0 saturated carbocycles. The molecule has 0 aromatic heterocycles. The Morgan fingerprint density at radius 2 is 1.53 bits per heavy atom. The first-order chi connectivity index (χ1) is 5.65. The van der Waals surface area contributed by atoms with Gasteiger partial charge < -0.3 is 23.2 Å². The second-order valence-electron chi connectivity index (χ2n) is 3.18. The van der Waals surface area contributed by atoms with Gasteiger partial charge in [-0.25, -0.2) is 0 Å². The van der Waals surface area contributed by atoms with Gasteiger partial charge in [0, 0.05) is 39.3 Å². The molecule has 2 nitrogen and oxygen atoms in total. The third kappa shape index (κ3) is 67.4. The zero-order chi connectivity index (χ0) is 9.82. The minimum atomic E-state index is 0. The van der Waals surface area contributed by atoms with Crippen molar-refractivity contribution in [2.75, 3.05) is 6.61 Å². The van der Waals surface area contributed by atoms with Gasteiger partial charge in [-0.2, -0.15) is 27.2 Å². The van der Waals surface area contributed by atoms with Crippen LogP contribution in [0.5, 0.6) is 0 Å². The summed E-state index contributed by atoms with van der Waals surface area (Å²) in [6.07, 6.45) is 4.92. The number of aliphatic hydroxyl groups is 1. The summed E-state index contributed by atoms with van der Waals surface area (Å²) in [5, 5.41) is 8.27. The first kappa shape index (κ1) is 29.9. The predicted octanol–water partition coefficient (Wildman–Crippen LogP) is 2.71. The molecule has 0 rings (SSSR count). The molecule has 4 heteroatoms. The van der Waals surface area contributed by atoms with E-state index in [2.05, 4.69) is 20.8 Å². The van der Waals surface area contributed by atoms with Gasteiger partial charge in [0.25, 0.3) is 0 Å². The smallest absolute Gasteiger partial charge is 0.542 e. The zero-order valence-electron chi connectivity index (χ0n) is 10.4. The van der Waals surface area contributed by atoms with Crippen molar-refractivity contribution in [3.05, 3.63) is 13.3 Å². The Labute approximate surface area is 135 Å². The van der Waals surface area contributed by atoms with Crippen LogP contribution in [0.2, 0.25) is 0 Å². The van der Waals surface area contributed by atoms with Crippen molar-refractivity contribution in [1.29, 1.82) is 0 Å². The van der Waals surface area contributed by atoms with Gasteiger partial charge in [0.2, 0.25) is 0 Å². The summed E-state index contributed by atoms with van der Waals surface area (Å²) in [5.41, 5.74) is 0. The van der Waals surface area contributed by atoms with Crippen molar-refractivity contribution in [3.63, 3.8) is 0 Å². The van der Waals surface area contributed by atoms with Gasteiger partial charge in [0.1, 0.15) is 0 Å². The fraction of sp³-hybridized carbons (Fsp3) is 0.727. The summed E-state index contributed by atoms with van der Waals surface area (Å²) in [7, 11) is 0. The van der Waals surface area contributed by atoms with Crippen LogP contribution >= 0.6 is 0 Å². The second kappa shape index (κ2) is 29.5. The Bertz CT molecular complexity index is 87.9. The number of aliphatic hydroxyl groups excluding tert-OH is 1. The quantitative estimate of drug-likeness (QED) is 0.507. The zero-order valence-corrected chi connectivity index (χ0v) is 16.1. The molecule has 0 aromatic carbocycles. The molecule has 0 bridgehead atoms. The van der Waals surface area contributed by atoms with E-state index in [0.717, 1.165) is 19.3 Å². The van der Waals surface area contributed by atoms with Crippen molar-refractivity contribution in [2.24, 2.45) is 0 Å². The van der Waals surface area contributed by atoms with E-state index in [1.165, 1.54) is 5.92 Å². The van der Waals surface area contributed by atoms with E-state index in [1.807, 2.05) is 0 Å². The van der Waals surface area contributed by atoms with Gasteiger partial charge in [-0.3, -0.25) is 6.29 Å². The standard InChI is InChI=1S/C6H11O2.C4H9.CH3.W.Y/c7-5-3-1-2-4-6-8;1-4(2)3;;;/h7H,1-5H2;1-3H3;1H3;;/q3*-1;+2;. The van der Waals surface area contributed by atoms with E-state index < -0.39 is 0 Å². The second-order valence-corrected chi connectivity index (χ2v) is 3.18. The molecule has 1 radical (unpaired) electrons. The van der Waals surface area contributed by atoms with Crippen molar-refractivity contribution >= 4 is 6.29 Å². The summed E-state index contributed by atoms with van der Waals surface area (Å²) >= 11 is 0. The Kier molecular flexibility index (Phi) is 58.9. The van der Waals surface area contributed by atoms with Crippen LogP contribution in [-0.2, 0) is 58.6 Å². The fourth-order valence-electron chi connectivity index (χ4n) is 0.486. The Morgan fingerprint density at radius 1 is 1.13 bits per heavy atom. The molecule has 15 heavy (non-hydrogen) atoms. The third-order valence-electron chi connectivity index (χ3n) is 0.937. The van der Waals surface area contributed by atoms with E-state index in [1.54, 1.807) is 6.29 Å². The first-order valence-electron chi connectivity index (χ1n) is 4.37. The molecule has 0 fully saturated rings. The molecule has 0 heterocycles. The summed E-state index contributed by atoms with van der Waals surface area (Å²) in [6, 6.07) is 0. The predicted molar refractivity (Wildman–Crippen MR) is 57.9 cm³/mol. The Hall–Kier alpha value is 1.42. The van der Waals surface area contributed by atoms with E-state index in [0.29, 0.717) is 6.42 Å². The van der Waals surface area contributed by atoms with Crippen molar-refractivity contribution < 1.29 is 63.7 Å². The van der Waals surface area contributed by atoms with Crippen LogP contribution < -0.4 is 0 Å². The van der Waals surface area contributed by atoms with Gasteiger partial charge >= 0.3 is 21.1 Å². The van der Waals surface area contributed by atoms with Crippen LogP contribution in [0.4, 0.5) is 0 Å². The average molecular weight is 460 g/mol. The third-order valence-corrected chi connectivity index (χ3v) is 0.937. The summed E-state index contributed by atoms with van der Waals surface area (Å²) in [4.78, 5) is 9.58. The number of carbonyl (C=O) groups excluding carboxylic acids is 1. The van der Waals surface area contributed by atoms with E-state index in [9.17, 15) is 4.79 Å². The molecule has 89 valence electrons. The topological polar surface area (TPSA) is 37.3 Å². The Morgan fingerprint density at radius 3 is 1.80 bits per heavy atom. The van der Waals surface area contributed by atoms with Crippen molar-refractivity contribution in [3.8, 4) is 0 Å². The Balaban J connectivity index is -0.0000000424. The molecule has 0 aliphatic rings. The molecule has 0 unspecified atom stereocenters. The normalized spacial score (nSPS) is 7.27. The average Bonchev–Trinajstić information content (AvgIpc) is 1.97. The monoisotopic (exact) mass is 460 g/mol. The van der Waals surface area contributed by atoms with Crippen LogP contribution in [0.3, 0.4) is 0 Å². The van der Waals surface area contributed by atoms with Gasteiger partial charge in [-0.15, -0.1) is 0 Å². The molecule has 1 N–H and O–H groups in total. The van der Waals surface area contributed by atoms with Crippen molar-refractivity contribution in [1.82, 2.24) is 0 Å². The maximum absolute atomic E-state index is 9.58. The summed E-state index contributed by atoms with van der Waals surface area (Å²) in [6.45, 7) is 6.48. The molecule has 0 spiro atoms. The number of hydrogen-bond donors (Lipinski definition) is 1. The van der Waals surface area contributed by atoms with E-state index >= 15 is 0 Å². The molecule has 0 atom stereocenters. The van der Waals surface area contributed by atoms with Crippen LogP contribution in [0.25, 0.3) is 0 Å². The summed E-state index contributed by atoms with van der Waals surface area (Å²) < 4.78 is 0. The van der Waals surface area contributed by atoms with Gasteiger partial charge in [0.05, 0.1) is 0 Å². The number of unbranched alkanes of at least 4 members (excludes halogenated alkanes) is 3. The first-order valence-corrected chi connectivity index (χ1v) is 4.37. The molecule has 0 aromatic rings.